The molecule has 0 aromatic carbocycles. The number of likely N-dealkylation sites (N-methyl/N-ethyl adjacent to an activating group) is 1. The summed E-state index contributed by atoms with van der Waals surface area (Å²) in [5.74, 6) is -1.02. The Labute approximate surface area is 98.1 Å². The van der Waals surface area contributed by atoms with Crippen molar-refractivity contribution in [3.63, 3.8) is 0 Å². The maximum atomic E-state index is 11.6. The van der Waals surface area contributed by atoms with Crippen LogP contribution in [0.2, 0.25) is 0 Å². The smallest absolute Gasteiger partial charge is 0.251 e. The highest BCUT2D eigenvalue weighted by molar-refractivity contribution is 7.80. The van der Waals surface area contributed by atoms with Crippen molar-refractivity contribution in [3.8, 4) is 0 Å². The summed E-state index contributed by atoms with van der Waals surface area (Å²) in [6.45, 7) is 0. The molecule has 1 aliphatic heterocycles. The van der Waals surface area contributed by atoms with Crippen LogP contribution in [-0.2, 0) is 14.4 Å². The summed E-state index contributed by atoms with van der Waals surface area (Å²) in [5.41, 5.74) is 5.20. The highest BCUT2D eigenvalue weighted by Gasteiger charge is 2.32. The SMILES string of the molecule is CN1C(=O)CCC(NC(=O)CC(N)=S)C1=O. The lowest BCUT2D eigenvalue weighted by Gasteiger charge is -2.28. The van der Waals surface area contributed by atoms with Gasteiger partial charge in [0.15, 0.2) is 0 Å². The first-order valence-electron chi connectivity index (χ1n) is 4.80. The molecule has 1 fully saturated rings. The zero-order chi connectivity index (χ0) is 12.3. The number of amides is 3. The predicted molar refractivity (Wildman–Crippen MR) is 60.3 cm³/mol. The first-order valence-corrected chi connectivity index (χ1v) is 5.20. The minimum Gasteiger partial charge on any atom is -0.393 e. The molecule has 1 aliphatic rings. The summed E-state index contributed by atoms with van der Waals surface area (Å²) in [5, 5.41) is 2.50. The molecule has 1 atom stereocenters. The van der Waals surface area contributed by atoms with Gasteiger partial charge in [-0.3, -0.25) is 19.3 Å². The van der Waals surface area contributed by atoms with Gasteiger partial charge in [0, 0.05) is 13.5 Å². The molecule has 1 saturated heterocycles. The molecular formula is C9H13N3O3S. The van der Waals surface area contributed by atoms with E-state index in [9.17, 15) is 14.4 Å². The van der Waals surface area contributed by atoms with Crippen LogP contribution in [-0.4, -0.2) is 40.7 Å². The molecule has 6 nitrogen and oxygen atoms in total. The topological polar surface area (TPSA) is 92.5 Å². The maximum absolute atomic E-state index is 11.6. The number of likely N-dealkylation sites (tertiary alicyclic amines) is 1. The largest absolute Gasteiger partial charge is 0.393 e. The van der Waals surface area contributed by atoms with E-state index >= 15 is 0 Å². The number of thiocarbonyl (C=S) groups is 1. The third-order valence-corrected chi connectivity index (χ3v) is 2.46. The van der Waals surface area contributed by atoms with Crippen LogP contribution in [0.1, 0.15) is 19.3 Å². The standard InChI is InChI=1S/C9H13N3O3S/c1-12-8(14)3-2-5(9(12)15)11-7(13)4-6(10)16/h5H,2-4H2,1H3,(H2,10,16)(H,11,13). The molecule has 0 aromatic rings. The highest BCUT2D eigenvalue weighted by Crippen LogP contribution is 2.11. The minimum atomic E-state index is -0.649. The van der Waals surface area contributed by atoms with Crippen LogP contribution in [0.3, 0.4) is 0 Å². The molecule has 0 aliphatic carbocycles. The number of hydrogen-bond acceptors (Lipinski definition) is 4. The van der Waals surface area contributed by atoms with Crippen molar-refractivity contribution in [1.82, 2.24) is 10.2 Å². The van der Waals surface area contributed by atoms with Crippen LogP contribution >= 0.6 is 12.2 Å². The fourth-order valence-electron chi connectivity index (χ4n) is 1.45. The minimum absolute atomic E-state index is 0.0742. The van der Waals surface area contributed by atoms with E-state index in [2.05, 4.69) is 17.5 Å². The Hall–Kier alpha value is -1.50. The van der Waals surface area contributed by atoms with Crippen LogP contribution < -0.4 is 11.1 Å². The van der Waals surface area contributed by atoms with Crippen LogP contribution in [0.5, 0.6) is 0 Å². The number of nitrogens with zero attached hydrogens (tertiary/aromatic N) is 1. The van der Waals surface area contributed by atoms with Gasteiger partial charge in [-0.2, -0.15) is 0 Å². The van der Waals surface area contributed by atoms with E-state index in [1.54, 1.807) is 0 Å². The van der Waals surface area contributed by atoms with Gasteiger partial charge in [-0.15, -0.1) is 0 Å². The summed E-state index contributed by atoms with van der Waals surface area (Å²) in [4.78, 5) is 35.2. The van der Waals surface area contributed by atoms with E-state index in [-0.39, 0.29) is 23.7 Å². The number of hydrogen-bond donors (Lipinski definition) is 2. The second kappa shape index (κ2) is 5.02. The number of nitrogens with one attached hydrogen (secondary N) is 1. The monoisotopic (exact) mass is 243 g/mol. The van der Waals surface area contributed by atoms with Crippen molar-refractivity contribution in [2.45, 2.75) is 25.3 Å². The molecule has 16 heavy (non-hydrogen) atoms. The number of piperidine rings is 1. The van der Waals surface area contributed by atoms with E-state index in [1.807, 2.05) is 0 Å². The van der Waals surface area contributed by atoms with Crippen LogP contribution in [0.4, 0.5) is 0 Å². The first-order chi connectivity index (χ1) is 7.41. The first kappa shape index (κ1) is 12.6. The Bertz CT molecular complexity index is 356. The van der Waals surface area contributed by atoms with Gasteiger partial charge in [-0.1, -0.05) is 12.2 Å². The van der Waals surface area contributed by atoms with E-state index < -0.39 is 17.9 Å². The van der Waals surface area contributed by atoms with E-state index in [4.69, 9.17) is 5.73 Å². The Morgan fingerprint density at radius 2 is 2.25 bits per heavy atom. The van der Waals surface area contributed by atoms with Crippen molar-refractivity contribution in [2.75, 3.05) is 7.05 Å². The number of imide groups is 1. The predicted octanol–water partition coefficient (Wildman–Crippen LogP) is -1.07. The van der Waals surface area contributed by atoms with Crippen molar-refractivity contribution in [1.29, 1.82) is 0 Å². The second-order valence-electron chi connectivity index (χ2n) is 3.59. The van der Waals surface area contributed by atoms with Crippen LogP contribution in [0.25, 0.3) is 0 Å². The van der Waals surface area contributed by atoms with Crippen molar-refractivity contribution >= 4 is 34.9 Å². The fraction of sp³-hybridized carbons (Fsp3) is 0.556. The number of carbonyl (C=O) groups excluding carboxylic acids is 3. The Balaban J connectivity index is 2.55. The number of rotatable bonds is 3. The van der Waals surface area contributed by atoms with E-state index in [0.717, 1.165) is 4.90 Å². The zero-order valence-corrected chi connectivity index (χ0v) is 9.67. The molecule has 7 heteroatoms. The molecule has 88 valence electrons. The third kappa shape index (κ3) is 2.99. The molecule has 0 radical (unpaired) electrons. The molecule has 1 rings (SSSR count). The lowest BCUT2D eigenvalue weighted by Crippen LogP contribution is -2.53. The number of nitrogens with two attached hydrogens (primary N) is 1. The summed E-state index contributed by atoms with van der Waals surface area (Å²) < 4.78 is 0. The third-order valence-electron chi connectivity index (χ3n) is 2.32. The molecule has 0 spiro atoms. The normalized spacial score (nSPS) is 20.8. The van der Waals surface area contributed by atoms with Crippen LogP contribution in [0, 0.1) is 0 Å². The average molecular weight is 243 g/mol. The summed E-state index contributed by atoms with van der Waals surface area (Å²) >= 11 is 4.58. The van der Waals surface area contributed by atoms with Crippen molar-refractivity contribution in [2.24, 2.45) is 5.73 Å². The molecule has 0 bridgehead atoms. The van der Waals surface area contributed by atoms with Crippen LogP contribution in [0.15, 0.2) is 0 Å². The van der Waals surface area contributed by atoms with E-state index in [0.29, 0.717) is 6.42 Å². The zero-order valence-electron chi connectivity index (χ0n) is 8.86. The van der Waals surface area contributed by atoms with Gasteiger partial charge in [0.25, 0.3) is 5.91 Å². The molecule has 3 amide bonds. The van der Waals surface area contributed by atoms with Gasteiger partial charge in [-0.25, -0.2) is 0 Å². The van der Waals surface area contributed by atoms with Crippen molar-refractivity contribution in [3.05, 3.63) is 0 Å². The Morgan fingerprint density at radius 1 is 1.62 bits per heavy atom. The lowest BCUT2D eigenvalue weighted by atomic mass is 10.0. The Morgan fingerprint density at radius 3 is 2.81 bits per heavy atom. The quantitative estimate of drug-likeness (QED) is 0.486. The van der Waals surface area contributed by atoms with Gasteiger partial charge in [0.05, 0.1) is 11.4 Å². The molecular weight excluding hydrogens is 230 g/mol. The molecule has 1 heterocycles. The van der Waals surface area contributed by atoms with Gasteiger partial charge in [0.1, 0.15) is 6.04 Å². The molecule has 0 saturated carbocycles. The van der Waals surface area contributed by atoms with E-state index in [1.165, 1.54) is 7.05 Å². The molecule has 1 unspecified atom stereocenters. The maximum Gasteiger partial charge on any atom is 0.251 e. The van der Waals surface area contributed by atoms with Gasteiger partial charge in [0.2, 0.25) is 11.8 Å². The fourth-order valence-corrected chi connectivity index (χ4v) is 1.58. The molecule has 3 N–H and O–H groups in total. The van der Waals surface area contributed by atoms with Gasteiger partial charge in [-0.05, 0) is 6.42 Å². The summed E-state index contributed by atoms with van der Waals surface area (Å²) in [6.07, 6.45) is 0.488. The summed E-state index contributed by atoms with van der Waals surface area (Å²) in [7, 11) is 1.40. The molecule has 0 aromatic heterocycles. The van der Waals surface area contributed by atoms with Gasteiger partial charge < -0.3 is 11.1 Å². The van der Waals surface area contributed by atoms with Gasteiger partial charge >= 0.3 is 0 Å². The lowest BCUT2D eigenvalue weighted by molar-refractivity contribution is -0.149. The summed E-state index contributed by atoms with van der Waals surface area (Å²) in [6, 6.07) is -0.649. The Kier molecular flexibility index (Phi) is 3.94. The second-order valence-corrected chi connectivity index (χ2v) is 4.12. The van der Waals surface area contributed by atoms with Crippen molar-refractivity contribution < 1.29 is 14.4 Å². The highest BCUT2D eigenvalue weighted by atomic mass is 32.1. The average Bonchev–Trinajstić information content (AvgIpc) is 2.18. The number of carbonyl (C=O) groups is 3.